The summed E-state index contributed by atoms with van der Waals surface area (Å²) in [7, 11) is 0. The van der Waals surface area contributed by atoms with Crippen molar-refractivity contribution in [3.05, 3.63) is 84.2 Å². The summed E-state index contributed by atoms with van der Waals surface area (Å²) >= 11 is 1.63. The topological polar surface area (TPSA) is 41.1 Å². The van der Waals surface area contributed by atoms with Gasteiger partial charge in [-0.25, -0.2) is 4.39 Å². The molecule has 0 heterocycles. The number of carbonyl (C=O) groups excluding carboxylic acids is 1. The number of hydrogen-bond donors (Lipinski definition) is 2. The van der Waals surface area contributed by atoms with Crippen LogP contribution in [0.3, 0.4) is 0 Å². The van der Waals surface area contributed by atoms with Crippen LogP contribution >= 0.6 is 11.8 Å². The minimum Gasteiger partial charge on any atom is -0.375 e. The molecule has 0 fully saturated rings. The zero-order chi connectivity index (χ0) is 18.4. The molecule has 3 aromatic carbocycles. The maximum atomic E-state index is 13.3. The number of benzene rings is 3. The molecular formula is C21H19FN2OS. The number of carbonyl (C=O) groups is 1. The summed E-state index contributed by atoms with van der Waals surface area (Å²) in [6.45, 7) is 1.93. The van der Waals surface area contributed by atoms with Crippen LogP contribution in [0, 0.1) is 12.7 Å². The molecular weight excluding hydrogens is 347 g/mol. The van der Waals surface area contributed by atoms with Crippen molar-refractivity contribution in [1.29, 1.82) is 0 Å². The number of anilines is 2. The van der Waals surface area contributed by atoms with Crippen molar-refractivity contribution in [3.63, 3.8) is 0 Å². The van der Waals surface area contributed by atoms with Crippen LogP contribution < -0.4 is 10.6 Å². The number of amides is 1. The average molecular weight is 366 g/mol. The number of aryl methyl sites for hydroxylation is 1. The van der Waals surface area contributed by atoms with Crippen molar-refractivity contribution >= 4 is 29.0 Å². The van der Waals surface area contributed by atoms with Gasteiger partial charge in [0.25, 0.3) is 0 Å². The molecule has 5 heteroatoms. The third kappa shape index (κ3) is 4.86. The Bertz CT molecular complexity index is 900. The Labute approximate surface area is 156 Å². The molecule has 26 heavy (non-hydrogen) atoms. The quantitative estimate of drug-likeness (QED) is 0.619. The van der Waals surface area contributed by atoms with E-state index < -0.39 is 0 Å². The fraction of sp³-hybridized carbons (Fsp3) is 0.0952. The molecule has 3 nitrogen and oxygen atoms in total. The lowest BCUT2D eigenvalue weighted by Gasteiger charge is -2.13. The lowest BCUT2D eigenvalue weighted by molar-refractivity contribution is -0.114. The van der Waals surface area contributed by atoms with E-state index in [-0.39, 0.29) is 18.3 Å². The van der Waals surface area contributed by atoms with Gasteiger partial charge >= 0.3 is 0 Å². The highest BCUT2D eigenvalue weighted by atomic mass is 32.2. The van der Waals surface area contributed by atoms with E-state index in [0.29, 0.717) is 5.69 Å². The third-order valence-corrected chi connectivity index (χ3v) is 4.85. The summed E-state index contributed by atoms with van der Waals surface area (Å²) in [5.41, 5.74) is 2.19. The number of rotatable bonds is 6. The molecule has 1 amide bonds. The van der Waals surface area contributed by atoms with Crippen LogP contribution in [0.2, 0.25) is 0 Å². The molecule has 132 valence electrons. The number of hydrogen-bond acceptors (Lipinski definition) is 3. The molecule has 0 saturated heterocycles. The van der Waals surface area contributed by atoms with Gasteiger partial charge < -0.3 is 10.6 Å². The third-order valence-electron chi connectivity index (χ3n) is 3.77. The first-order chi connectivity index (χ1) is 12.6. The van der Waals surface area contributed by atoms with E-state index >= 15 is 0 Å². The van der Waals surface area contributed by atoms with Crippen molar-refractivity contribution in [2.75, 3.05) is 17.2 Å². The van der Waals surface area contributed by atoms with E-state index in [1.165, 1.54) is 12.1 Å². The Morgan fingerprint density at radius 3 is 2.50 bits per heavy atom. The Morgan fingerprint density at radius 1 is 0.962 bits per heavy atom. The summed E-state index contributed by atoms with van der Waals surface area (Å²) in [5, 5.41) is 5.90. The number of halogens is 1. The lowest BCUT2D eigenvalue weighted by Crippen LogP contribution is -2.22. The van der Waals surface area contributed by atoms with Crippen molar-refractivity contribution in [3.8, 4) is 0 Å². The highest BCUT2D eigenvalue weighted by molar-refractivity contribution is 7.99. The van der Waals surface area contributed by atoms with E-state index in [9.17, 15) is 9.18 Å². The monoisotopic (exact) mass is 366 g/mol. The smallest absolute Gasteiger partial charge is 0.243 e. The van der Waals surface area contributed by atoms with Gasteiger partial charge in [-0.3, -0.25) is 4.79 Å². The van der Waals surface area contributed by atoms with Crippen LogP contribution in [0.1, 0.15) is 5.56 Å². The summed E-state index contributed by atoms with van der Waals surface area (Å²) in [5.74, 6) is -0.596. The van der Waals surface area contributed by atoms with Crippen molar-refractivity contribution in [2.45, 2.75) is 16.7 Å². The maximum absolute atomic E-state index is 13.3. The molecule has 0 aliphatic heterocycles. The predicted octanol–water partition coefficient (Wildman–Crippen LogP) is 5.34. The molecule has 3 aromatic rings. The lowest BCUT2D eigenvalue weighted by atomic mass is 10.2. The summed E-state index contributed by atoms with van der Waals surface area (Å²) in [4.78, 5) is 14.4. The predicted molar refractivity (Wildman–Crippen MR) is 105 cm³/mol. The first kappa shape index (κ1) is 18.0. The van der Waals surface area contributed by atoms with Crippen molar-refractivity contribution in [2.24, 2.45) is 0 Å². The number of nitrogens with one attached hydrogen (secondary N) is 2. The molecule has 0 radical (unpaired) electrons. The van der Waals surface area contributed by atoms with E-state index in [2.05, 4.69) is 10.6 Å². The zero-order valence-electron chi connectivity index (χ0n) is 14.3. The van der Waals surface area contributed by atoms with Gasteiger partial charge in [-0.1, -0.05) is 48.2 Å². The van der Waals surface area contributed by atoms with Crippen LogP contribution in [-0.4, -0.2) is 12.5 Å². The van der Waals surface area contributed by atoms with Gasteiger partial charge in [0.05, 0.1) is 6.54 Å². The number of para-hydroxylation sites is 1. The van der Waals surface area contributed by atoms with E-state index in [1.54, 1.807) is 17.8 Å². The van der Waals surface area contributed by atoms with Gasteiger partial charge in [0.2, 0.25) is 5.91 Å². The van der Waals surface area contributed by atoms with Crippen LogP contribution in [0.4, 0.5) is 15.8 Å². The Balaban J connectivity index is 1.64. The molecule has 0 spiro atoms. The minimum atomic E-state index is -0.372. The standard InChI is InChI=1S/C21H19FN2OS/c1-15-11-12-16(22)13-19(15)24-21(25)14-23-18-9-5-6-10-20(18)26-17-7-3-2-4-8-17/h2-13,23H,14H2,1H3,(H,24,25). The maximum Gasteiger partial charge on any atom is 0.243 e. The highest BCUT2D eigenvalue weighted by Gasteiger charge is 2.08. The first-order valence-electron chi connectivity index (χ1n) is 8.23. The fourth-order valence-electron chi connectivity index (χ4n) is 2.42. The Kier molecular flexibility index (Phi) is 5.92. The average Bonchev–Trinajstić information content (AvgIpc) is 2.65. The first-order valence-corrected chi connectivity index (χ1v) is 9.05. The second-order valence-electron chi connectivity index (χ2n) is 5.77. The largest absolute Gasteiger partial charge is 0.375 e. The van der Waals surface area contributed by atoms with Crippen LogP contribution in [0.15, 0.2) is 82.6 Å². The molecule has 0 aliphatic rings. The Hall–Kier alpha value is -2.79. The van der Waals surface area contributed by atoms with Gasteiger partial charge in [0.1, 0.15) is 5.82 Å². The van der Waals surface area contributed by atoms with Crippen molar-refractivity contribution < 1.29 is 9.18 Å². The summed E-state index contributed by atoms with van der Waals surface area (Å²) in [6.07, 6.45) is 0. The van der Waals surface area contributed by atoms with Gasteiger partial charge in [-0.2, -0.15) is 0 Å². The second-order valence-corrected chi connectivity index (χ2v) is 6.89. The molecule has 3 rings (SSSR count). The highest BCUT2D eigenvalue weighted by Crippen LogP contribution is 2.33. The van der Waals surface area contributed by atoms with Crippen LogP contribution in [0.5, 0.6) is 0 Å². The SMILES string of the molecule is Cc1ccc(F)cc1NC(=O)CNc1ccccc1Sc1ccccc1. The van der Waals surface area contributed by atoms with Gasteiger partial charge in [0, 0.05) is 21.2 Å². The zero-order valence-corrected chi connectivity index (χ0v) is 15.1. The molecule has 0 aromatic heterocycles. The minimum absolute atomic E-state index is 0.0995. The van der Waals surface area contributed by atoms with Gasteiger partial charge in [0.15, 0.2) is 0 Å². The van der Waals surface area contributed by atoms with E-state index in [1.807, 2.05) is 61.5 Å². The summed E-state index contributed by atoms with van der Waals surface area (Å²) in [6, 6.07) is 22.2. The Morgan fingerprint density at radius 2 is 1.69 bits per heavy atom. The molecule has 0 unspecified atom stereocenters. The van der Waals surface area contributed by atoms with Crippen molar-refractivity contribution in [1.82, 2.24) is 0 Å². The molecule has 0 atom stereocenters. The normalized spacial score (nSPS) is 10.4. The second kappa shape index (κ2) is 8.54. The molecule has 0 aliphatic carbocycles. The van der Waals surface area contributed by atoms with E-state index in [4.69, 9.17) is 0 Å². The molecule has 0 bridgehead atoms. The molecule has 0 saturated carbocycles. The van der Waals surface area contributed by atoms with Gasteiger partial charge in [-0.15, -0.1) is 0 Å². The van der Waals surface area contributed by atoms with Crippen LogP contribution in [0.25, 0.3) is 0 Å². The molecule has 2 N–H and O–H groups in total. The summed E-state index contributed by atoms with van der Waals surface area (Å²) < 4.78 is 13.3. The van der Waals surface area contributed by atoms with Crippen LogP contribution in [-0.2, 0) is 4.79 Å². The fourth-order valence-corrected chi connectivity index (χ4v) is 3.36. The van der Waals surface area contributed by atoms with E-state index in [0.717, 1.165) is 21.0 Å². The van der Waals surface area contributed by atoms with Gasteiger partial charge in [-0.05, 0) is 48.9 Å².